The van der Waals surface area contributed by atoms with Crippen LogP contribution in [0.2, 0.25) is 0 Å². The van der Waals surface area contributed by atoms with Gasteiger partial charge in [-0.2, -0.15) is 13.2 Å². The van der Waals surface area contributed by atoms with E-state index in [2.05, 4.69) is 20.6 Å². The molecule has 2 N–H and O–H groups in total. The predicted octanol–water partition coefficient (Wildman–Crippen LogP) is 3.64. The van der Waals surface area contributed by atoms with E-state index in [-0.39, 0.29) is 17.7 Å². The van der Waals surface area contributed by atoms with E-state index < -0.39 is 23.5 Å². The zero-order valence-corrected chi connectivity index (χ0v) is 20.9. The number of pyridine rings is 1. The van der Waals surface area contributed by atoms with Gasteiger partial charge in [-0.3, -0.25) is 15.2 Å². The van der Waals surface area contributed by atoms with Crippen molar-refractivity contribution >= 4 is 23.2 Å². The molecule has 2 aliphatic rings. The lowest BCUT2D eigenvalue weighted by Crippen LogP contribution is -2.35. The predicted molar refractivity (Wildman–Crippen MR) is 133 cm³/mol. The lowest BCUT2D eigenvalue weighted by molar-refractivity contribution is -0.141. The highest BCUT2D eigenvalue weighted by Gasteiger charge is 2.33. The first-order chi connectivity index (χ1) is 18.2. The molecule has 3 heterocycles. The van der Waals surface area contributed by atoms with Crippen molar-refractivity contribution in [2.75, 3.05) is 37.2 Å². The molecule has 38 heavy (non-hydrogen) atoms. The van der Waals surface area contributed by atoms with Crippen molar-refractivity contribution < 1.29 is 32.2 Å². The molecule has 202 valence electrons. The molecule has 1 saturated heterocycles. The number of carbonyl (C=O) groups excluding carboxylic acids is 2. The molecular weight excluding hydrogens is 503 g/mol. The Labute approximate surface area is 217 Å². The van der Waals surface area contributed by atoms with Gasteiger partial charge in [-0.25, -0.2) is 9.78 Å². The number of hydrogen-bond acceptors (Lipinski definition) is 8. The van der Waals surface area contributed by atoms with E-state index in [9.17, 15) is 22.8 Å². The summed E-state index contributed by atoms with van der Waals surface area (Å²) in [5, 5.41) is 3.94. The largest absolute Gasteiger partial charge is 0.433 e. The number of halogens is 3. The molecule has 0 spiro atoms. The molecule has 2 aliphatic heterocycles. The molecular formula is C26H28F3N5O4. The van der Waals surface area contributed by atoms with E-state index in [1.54, 1.807) is 20.2 Å². The Morgan fingerprint density at radius 1 is 1.13 bits per heavy atom. The number of piperidine rings is 1. The molecule has 0 bridgehead atoms. The molecule has 0 unspecified atom stereocenters. The fourth-order valence-electron chi connectivity index (χ4n) is 4.44. The van der Waals surface area contributed by atoms with Crippen LogP contribution in [0, 0.1) is 5.92 Å². The highest BCUT2D eigenvalue weighted by atomic mass is 19.4. The number of carbonyl (C=O) groups is 1. The second-order valence-corrected chi connectivity index (χ2v) is 8.95. The lowest BCUT2D eigenvalue weighted by Gasteiger charge is -2.34. The van der Waals surface area contributed by atoms with Gasteiger partial charge in [0.25, 0.3) is 5.91 Å². The summed E-state index contributed by atoms with van der Waals surface area (Å²) in [4.78, 5) is 29.7. The van der Waals surface area contributed by atoms with E-state index >= 15 is 0 Å². The van der Waals surface area contributed by atoms with Crippen LogP contribution in [-0.4, -0.2) is 50.4 Å². The molecule has 1 aromatic carbocycles. The van der Waals surface area contributed by atoms with E-state index in [4.69, 9.17) is 9.47 Å². The fourth-order valence-corrected chi connectivity index (χ4v) is 4.44. The maximum Gasteiger partial charge on any atom is 0.433 e. The topological polar surface area (TPSA) is 96.0 Å². The zero-order valence-electron chi connectivity index (χ0n) is 20.9. The van der Waals surface area contributed by atoms with Crippen LogP contribution in [0.25, 0.3) is 0 Å². The number of hydrazine groups is 1. The molecule has 1 aromatic heterocycles. The van der Waals surface area contributed by atoms with Gasteiger partial charge < -0.3 is 19.7 Å². The fraction of sp³-hybridized carbons (Fsp3) is 0.385. The van der Waals surface area contributed by atoms with Crippen LogP contribution in [0.5, 0.6) is 0 Å². The Hall–Kier alpha value is -3.86. The number of alkyl halides is 3. The second-order valence-electron chi connectivity index (χ2n) is 8.95. The van der Waals surface area contributed by atoms with Gasteiger partial charge >= 0.3 is 6.18 Å². The van der Waals surface area contributed by atoms with Crippen molar-refractivity contribution in [1.82, 2.24) is 15.7 Å². The minimum atomic E-state index is -4.69. The molecule has 0 aliphatic carbocycles. The maximum absolute atomic E-state index is 12.9. The molecule has 12 heteroatoms. The van der Waals surface area contributed by atoms with E-state index in [1.807, 2.05) is 24.3 Å². The summed E-state index contributed by atoms with van der Waals surface area (Å²) in [6.07, 6.45) is -0.504. The number of anilines is 2. The minimum Gasteiger partial charge on any atom is -0.372 e. The third kappa shape index (κ3) is 6.34. The van der Waals surface area contributed by atoms with Crippen LogP contribution in [0.1, 0.15) is 35.4 Å². The number of amides is 1. The van der Waals surface area contributed by atoms with Crippen LogP contribution in [0.15, 0.2) is 60.1 Å². The quantitative estimate of drug-likeness (QED) is 0.394. The number of methoxy groups -OCH3 is 2. The second kappa shape index (κ2) is 11.7. The molecule has 2 aromatic rings. The van der Waals surface area contributed by atoms with E-state index in [0.29, 0.717) is 11.6 Å². The van der Waals surface area contributed by atoms with Gasteiger partial charge in [0.2, 0.25) is 0 Å². The first-order valence-corrected chi connectivity index (χ1v) is 12.0. The summed E-state index contributed by atoms with van der Waals surface area (Å²) in [6, 6.07) is 10.7. The Balaban J connectivity index is 1.39. The van der Waals surface area contributed by atoms with Gasteiger partial charge in [0.1, 0.15) is 11.4 Å². The average molecular weight is 532 g/mol. The number of rotatable bonds is 8. The molecule has 0 atom stereocenters. The van der Waals surface area contributed by atoms with Crippen molar-refractivity contribution in [3.8, 4) is 0 Å². The molecule has 4 rings (SSSR count). The van der Waals surface area contributed by atoms with Gasteiger partial charge in [0.15, 0.2) is 17.9 Å². The maximum atomic E-state index is 12.9. The van der Waals surface area contributed by atoms with Crippen molar-refractivity contribution in [2.45, 2.75) is 31.7 Å². The van der Waals surface area contributed by atoms with E-state index in [1.165, 1.54) is 11.2 Å². The third-order valence-corrected chi connectivity index (χ3v) is 6.54. The van der Waals surface area contributed by atoms with Crippen molar-refractivity contribution in [3.05, 3.63) is 71.4 Å². The van der Waals surface area contributed by atoms with Crippen LogP contribution in [-0.2, 0) is 20.4 Å². The normalized spacial score (nSPS) is 16.4. The number of nitrogens with zero attached hydrogens (tertiary/aromatic N) is 3. The molecule has 0 saturated carbocycles. The molecule has 1 fully saturated rings. The first kappa shape index (κ1) is 27.2. The van der Waals surface area contributed by atoms with Crippen LogP contribution in [0.4, 0.5) is 24.5 Å². The first-order valence-electron chi connectivity index (χ1n) is 12.0. The van der Waals surface area contributed by atoms with Crippen molar-refractivity contribution in [1.29, 1.82) is 0 Å². The summed E-state index contributed by atoms with van der Waals surface area (Å²) < 4.78 is 49.4. The zero-order chi connectivity index (χ0) is 27.3. The number of benzene rings is 1. The average Bonchev–Trinajstić information content (AvgIpc) is 3.34. The highest BCUT2D eigenvalue weighted by Crippen LogP contribution is 2.30. The van der Waals surface area contributed by atoms with Gasteiger partial charge in [-0.05, 0) is 55.2 Å². The summed E-state index contributed by atoms with van der Waals surface area (Å²) in [6.45, 7) is 1.81. The molecule has 9 nitrogen and oxygen atoms in total. The monoisotopic (exact) mass is 531 g/mol. The Morgan fingerprint density at radius 3 is 2.39 bits per heavy atom. The van der Waals surface area contributed by atoms with Crippen LogP contribution < -0.4 is 20.7 Å². The van der Waals surface area contributed by atoms with Gasteiger partial charge in [0.05, 0.1) is 17.6 Å². The number of aromatic nitrogens is 1. The van der Waals surface area contributed by atoms with Crippen LogP contribution in [0.3, 0.4) is 0 Å². The van der Waals surface area contributed by atoms with Crippen LogP contribution >= 0.6 is 0 Å². The summed E-state index contributed by atoms with van der Waals surface area (Å²) in [5.41, 5.74) is 2.92. The van der Waals surface area contributed by atoms with Gasteiger partial charge in [0, 0.05) is 39.4 Å². The standard InChI is InChI=1S/C26H28F3N5O4/c1-37-24(38-2)14-17-10-12-33(13-11-17)18-6-8-19(9-7-18)34-15-21(22(16-35)32-34)31-25(36)20-4-3-5-23(30-20)26(27,28)29/h3-9,15,17,24,32H,10-14H2,1-2H3,(H,31,36). The summed E-state index contributed by atoms with van der Waals surface area (Å²) in [5.74, 6) is 1.34. The van der Waals surface area contributed by atoms with Crippen molar-refractivity contribution in [2.24, 2.45) is 5.92 Å². The Morgan fingerprint density at radius 2 is 1.79 bits per heavy atom. The van der Waals surface area contributed by atoms with Gasteiger partial charge in [-0.15, -0.1) is 0 Å². The molecule has 0 radical (unpaired) electrons. The smallest absolute Gasteiger partial charge is 0.372 e. The number of ether oxygens (including phenoxy) is 2. The molecule has 1 amide bonds. The van der Waals surface area contributed by atoms with E-state index in [0.717, 1.165) is 56.2 Å². The summed E-state index contributed by atoms with van der Waals surface area (Å²) in [7, 11) is 3.29. The number of nitrogens with one attached hydrogen (secondary N) is 2. The Kier molecular flexibility index (Phi) is 8.35. The lowest BCUT2D eigenvalue weighted by atomic mass is 9.93. The Bertz CT molecular complexity index is 1220. The summed E-state index contributed by atoms with van der Waals surface area (Å²) >= 11 is 0. The minimum absolute atomic E-state index is 0.0563. The SMILES string of the molecule is COC(CC1CCN(c2ccc(N3C=C(NC(=O)c4cccc(C(F)(F)F)n4)C(=C=O)N3)cc2)CC1)OC. The third-order valence-electron chi connectivity index (χ3n) is 6.54. The number of hydrogen-bond donors (Lipinski definition) is 2. The van der Waals surface area contributed by atoms with Crippen molar-refractivity contribution in [3.63, 3.8) is 0 Å². The van der Waals surface area contributed by atoms with Gasteiger partial charge in [-0.1, -0.05) is 6.07 Å². The highest BCUT2D eigenvalue weighted by molar-refractivity contribution is 5.94.